The van der Waals surface area contributed by atoms with Gasteiger partial charge in [0.1, 0.15) is 13.2 Å². The zero-order chi connectivity index (χ0) is 17.6. The monoisotopic (exact) mass is 357 g/mol. The Balaban J connectivity index is 1.91. The average Bonchev–Trinajstić information content (AvgIpc) is 3.09. The minimum Gasteiger partial charge on any atom is -0.486 e. The standard InChI is InChI=1S/C18H15NO5S/c1-19-12-9-15(10-3-4-13-14(7-10)24-6-5-23-13)25-17(12)11(8-16(19)20)18(21)22-2/h3-4,7-9H,5-6H2,1-2H3. The van der Waals surface area contributed by atoms with E-state index in [2.05, 4.69) is 0 Å². The van der Waals surface area contributed by atoms with Crippen molar-refractivity contribution in [2.24, 2.45) is 7.05 Å². The summed E-state index contributed by atoms with van der Waals surface area (Å²) >= 11 is 1.44. The van der Waals surface area contributed by atoms with E-state index < -0.39 is 5.97 Å². The highest BCUT2D eigenvalue weighted by Crippen LogP contribution is 2.39. The summed E-state index contributed by atoms with van der Waals surface area (Å²) in [6.07, 6.45) is 0. The van der Waals surface area contributed by atoms with Crippen LogP contribution in [0.1, 0.15) is 10.4 Å². The number of carbonyl (C=O) groups excluding carboxylic acids is 1. The fraction of sp³-hybridized carbons (Fsp3) is 0.222. The van der Waals surface area contributed by atoms with Crippen LogP contribution in [0.2, 0.25) is 0 Å². The third-order valence-corrected chi connectivity index (χ3v) is 5.36. The summed E-state index contributed by atoms with van der Waals surface area (Å²) in [7, 11) is 2.99. The number of hydrogen-bond donors (Lipinski definition) is 0. The molecule has 0 fully saturated rings. The molecule has 0 aliphatic carbocycles. The van der Waals surface area contributed by atoms with Crippen molar-refractivity contribution in [1.82, 2.24) is 4.57 Å². The molecule has 1 aliphatic rings. The second-order valence-corrected chi connectivity index (χ2v) is 6.68. The fourth-order valence-corrected chi connectivity index (χ4v) is 4.02. The zero-order valence-corrected chi connectivity index (χ0v) is 14.5. The normalized spacial score (nSPS) is 13.0. The summed E-state index contributed by atoms with van der Waals surface area (Å²) in [6.45, 7) is 1.06. The Morgan fingerprint density at radius 3 is 2.68 bits per heavy atom. The molecule has 3 aromatic rings. The van der Waals surface area contributed by atoms with E-state index in [9.17, 15) is 9.59 Å². The van der Waals surface area contributed by atoms with E-state index in [1.54, 1.807) is 7.05 Å². The summed E-state index contributed by atoms with van der Waals surface area (Å²) < 4.78 is 18.2. The maximum Gasteiger partial charge on any atom is 0.339 e. The molecule has 0 unspecified atom stereocenters. The molecule has 0 radical (unpaired) electrons. The smallest absolute Gasteiger partial charge is 0.339 e. The van der Waals surface area contributed by atoms with Gasteiger partial charge in [-0.05, 0) is 29.8 Å². The Labute approximate surface area is 147 Å². The number of aromatic nitrogens is 1. The summed E-state index contributed by atoms with van der Waals surface area (Å²) in [5.74, 6) is 0.903. The van der Waals surface area contributed by atoms with Gasteiger partial charge in [0, 0.05) is 18.0 Å². The van der Waals surface area contributed by atoms with E-state index in [4.69, 9.17) is 14.2 Å². The fourth-order valence-electron chi connectivity index (χ4n) is 2.83. The van der Waals surface area contributed by atoms with Crippen LogP contribution >= 0.6 is 11.3 Å². The van der Waals surface area contributed by atoms with Crippen LogP contribution < -0.4 is 15.0 Å². The Hall–Kier alpha value is -2.80. The van der Waals surface area contributed by atoms with Gasteiger partial charge in [0.05, 0.1) is 22.9 Å². The van der Waals surface area contributed by atoms with Gasteiger partial charge in [0.25, 0.3) is 5.56 Å². The predicted octanol–water partition coefficient (Wildman–Crippen LogP) is 2.82. The molecule has 1 aromatic carbocycles. The number of esters is 1. The second kappa shape index (κ2) is 5.93. The molecule has 25 heavy (non-hydrogen) atoms. The molecule has 3 heterocycles. The number of methoxy groups -OCH3 is 1. The van der Waals surface area contributed by atoms with Crippen LogP contribution in [0.25, 0.3) is 20.7 Å². The van der Waals surface area contributed by atoms with Crippen molar-refractivity contribution in [2.45, 2.75) is 0 Å². The lowest BCUT2D eigenvalue weighted by Gasteiger charge is -2.18. The largest absolute Gasteiger partial charge is 0.486 e. The number of aryl methyl sites for hydroxylation is 1. The van der Waals surface area contributed by atoms with Crippen molar-refractivity contribution in [2.75, 3.05) is 20.3 Å². The quantitative estimate of drug-likeness (QED) is 0.660. The minimum atomic E-state index is -0.515. The molecule has 4 rings (SSSR count). The third kappa shape index (κ3) is 2.56. The second-order valence-electron chi connectivity index (χ2n) is 5.63. The first-order chi connectivity index (χ1) is 12.1. The van der Waals surface area contributed by atoms with Gasteiger partial charge < -0.3 is 18.8 Å². The van der Waals surface area contributed by atoms with Gasteiger partial charge in [-0.15, -0.1) is 11.3 Å². The van der Waals surface area contributed by atoms with E-state index in [-0.39, 0.29) is 11.1 Å². The van der Waals surface area contributed by atoms with Crippen LogP contribution in [-0.2, 0) is 11.8 Å². The highest BCUT2D eigenvalue weighted by Gasteiger charge is 2.19. The van der Waals surface area contributed by atoms with Crippen LogP contribution in [0.15, 0.2) is 35.1 Å². The number of benzene rings is 1. The van der Waals surface area contributed by atoms with Crippen LogP contribution in [0, 0.1) is 0 Å². The van der Waals surface area contributed by atoms with Crippen LogP contribution in [0.4, 0.5) is 0 Å². The Morgan fingerprint density at radius 1 is 1.16 bits per heavy atom. The zero-order valence-electron chi connectivity index (χ0n) is 13.7. The van der Waals surface area contributed by atoms with E-state index in [1.807, 2.05) is 24.3 Å². The van der Waals surface area contributed by atoms with Gasteiger partial charge >= 0.3 is 5.97 Å². The summed E-state index contributed by atoms with van der Waals surface area (Å²) in [5.41, 5.74) is 1.67. The molecule has 0 bridgehead atoms. The highest BCUT2D eigenvalue weighted by atomic mass is 32.1. The van der Waals surface area contributed by atoms with Crippen LogP contribution in [0.5, 0.6) is 11.5 Å². The van der Waals surface area contributed by atoms with Crippen molar-refractivity contribution < 1.29 is 19.0 Å². The van der Waals surface area contributed by atoms with Crippen molar-refractivity contribution in [3.05, 3.63) is 46.2 Å². The first-order valence-corrected chi connectivity index (χ1v) is 8.52. The van der Waals surface area contributed by atoms with Gasteiger partial charge in [-0.3, -0.25) is 4.79 Å². The topological polar surface area (TPSA) is 66.8 Å². The molecular formula is C18H15NO5S. The lowest BCUT2D eigenvalue weighted by molar-refractivity contribution is 0.0603. The molecule has 6 nitrogen and oxygen atoms in total. The van der Waals surface area contributed by atoms with Crippen molar-refractivity contribution in [1.29, 1.82) is 0 Å². The Kier molecular flexibility index (Phi) is 3.73. The van der Waals surface area contributed by atoms with E-state index in [1.165, 1.54) is 29.1 Å². The average molecular weight is 357 g/mol. The number of rotatable bonds is 2. The molecule has 0 saturated heterocycles. The van der Waals surface area contributed by atoms with Gasteiger partial charge in [-0.1, -0.05) is 0 Å². The predicted molar refractivity (Wildman–Crippen MR) is 94.8 cm³/mol. The lowest BCUT2D eigenvalue weighted by atomic mass is 10.1. The van der Waals surface area contributed by atoms with Crippen molar-refractivity contribution in [3.8, 4) is 21.9 Å². The summed E-state index contributed by atoms with van der Waals surface area (Å²) in [6, 6.07) is 8.94. The molecule has 0 amide bonds. The maximum absolute atomic E-state index is 12.1. The molecule has 0 N–H and O–H groups in total. The Morgan fingerprint density at radius 2 is 1.92 bits per heavy atom. The van der Waals surface area contributed by atoms with Gasteiger partial charge in [-0.25, -0.2) is 4.79 Å². The Bertz CT molecular complexity index is 1050. The first kappa shape index (κ1) is 15.7. The lowest BCUT2D eigenvalue weighted by Crippen LogP contribution is -2.18. The molecular weight excluding hydrogens is 342 g/mol. The number of pyridine rings is 1. The molecule has 1 aliphatic heterocycles. The number of hydrogen-bond acceptors (Lipinski definition) is 6. The molecule has 0 atom stereocenters. The maximum atomic E-state index is 12.1. The molecule has 0 spiro atoms. The SMILES string of the molecule is COC(=O)c1cc(=O)n(C)c2cc(-c3ccc4c(c3)OCCO4)sc12. The molecule has 2 aromatic heterocycles. The van der Waals surface area contributed by atoms with Gasteiger partial charge in [-0.2, -0.15) is 0 Å². The molecule has 0 saturated carbocycles. The summed E-state index contributed by atoms with van der Waals surface area (Å²) in [4.78, 5) is 25.1. The van der Waals surface area contributed by atoms with Gasteiger partial charge in [0.15, 0.2) is 11.5 Å². The number of fused-ring (bicyclic) bond motifs is 2. The van der Waals surface area contributed by atoms with Crippen LogP contribution in [-0.4, -0.2) is 30.9 Å². The van der Waals surface area contributed by atoms with Crippen molar-refractivity contribution in [3.63, 3.8) is 0 Å². The minimum absolute atomic E-state index is 0.251. The van der Waals surface area contributed by atoms with E-state index >= 15 is 0 Å². The highest BCUT2D eigenvalue weighted by molar-refractivity contribution is 7.22. The number of thiophene rings is 1. The van der Waals surface area contributed by atoms with Crippen LogP contribution in [0.3, 0.4) is 0 Å². The van der Waals surface area contributed by atoms with Gasteiger partial charge in [0.2, 0.25) is 0 Å². The number of nitrogens with zero attached hydrogens (tertiary/aromatic N) is 1. The van der Waals surface area contributed by atoms with E-state index in [0.29, 0.717) is 24.5 Å². The summed E-state index contributed by atoms with van der Waals surface area (Å²) in [5, 5.41) is 0. The number of carbonyl (C=O) groups is 1. The molecule has 7 heteroatoms. The first-order valence-electron chi connectivity index (χ1n) is 7.70. The molecule has 128 valence electrons. The number of ether oxygens (including phenoxy) is 3. The van der Waals surface area contributed by atoms with E-state index in [0.717, 1.165) is 20.9 Å². The van der Waals surface area contributed by atoms with Crippen molar-refractivity contribution >= 4 is 27.5 Å². The third-order valence-electron chi connectivity index (χ3n) is 4.15.